The highest BCUT2D eigenvalue weighted by Gasteiger charge is 2.68. The molecule has 120 valence electrons. The van der Waals surface area contributed by atoms with E-state index in [0.717, 1.165) is 25.7 Å². The minimum absolute atomic E-state index is 0.00858. The van der Waals surface area contributed by atoms with Crippen molar-refractivity contribution < 1.29 is 10.0 Å². The maximum absolute atomic E-state index is 12.7. The maximum atomic E-state index is 12.7. The summed E-state index contributed by atoms with van der Waals surface area (Å²) >= 11 is 0. The first kappa shape index (κ1) is 16.1. The first-order valence-electron chi connectivity index (χ1n) is 7.88. The highest BCUT2D eigenvalue weighted by molar-refractivity contribution is 5.95. The molecule has 2 aliphatic rings. The summed E-state index contributed by atoms with van der Waals surface area (Å²) in [6.07, 6.45) is 3.44. The quantitative estimate of drug-likeness (QED) is 0.323. The van der Waals surface area contributed by atoms with Crippen LogP contribution < -0.4 is 11.1 Å². The number of rotatable bonds is 3. The van der Waals surface area contributed by atoms with Crippen LogP contribution in [-0.4, -0.2) is 22.5 Å². The Morgan fingerprint density at radius 3 is 2.05 bits per heavy atom. The van der Waals surface area contributed by atoms with Gasteiger partial charge in [-0.25, -0.2) is 0 Å². The zero-order valence-corrected chi connectivity index (χ0v) is 13.9. The van der Waals surface area contributed by atoms with Crippen LogP contribution in [-0.2, 0) is 4.79 Å². The largest absolute Gasteiger partial charge is 0.409 e. The zero-order chi connectivity index (χ0) is 16.1. The van der Waals surface area contributed by atoms with E-state index in [4.69, 9.17) is 10.9 Å². The topological polar surface area (TPSA) is 87.7 Å². The molecule has 2 saturated carbocycles. The first-order valence-corrected chi connectivity index (χ1v) is 7.88. The van der Waals surface area contributed by atoms with Gasteiger partial charge in [-0.05, 0) is 42.4 Å². The second-order valence-corrected chi connectivity index (χ2v) is 8.12. The standard InChI is InChI=1S/C16H29N3O2/c1-10-6-8-16(9-7-10,13(17)19-21)18-12(20)11-14(2,3)15(11,4)5/h10-11,21H,6-9H2,1-5H3,(H2,17,19)(H,18,20). The Labute approximate surface area is 127 Å². The summed E-state index contributed by atoms with van der Waals surface area (Å²) in [6, 6.07) is 0. The minimum atomic E-state index is -0.674. The Morgan fingerprint density at radius 1 is 1.19 bits per heavy atom. The van der Waals surface area contributed by atoms with Crippen LogP contribution in [0.4, 0.5) is 0 Å². The number of amides is 1. The van der Waals surface area contributed by atoms with Gasteiger partial charge >= 0.3 is 0 Å². The van der Waals surface area contributed by atoms with E-state index in [0.29, 0.717) is 5.92 Å². The lowest BCUT2D eigenvalue weighted by molar-refractivity contribution is -0.125. The van der Waals surface area contributed by atoms with E-state index in [1.807, 2.05) is 0 Å². The molecule has 2 fully saturated rings. The van der Waals surface area contributed by atoms with Gasteiger partial charge in [0.25, 0.3) is 0 Å². The predicted molar refractivity (Wildman–Crippen MR) is 83.0 cm³/mol. The molecule has 4 N–H and O–H groups in total. The van der Waals surface area contributed by atoms with Crippen molar-refractivity contribution in [2.24, 2.45) is 33.6 Å². The fourth-order valence-corrected chi connectivity index (χ4v) is 3.96. The van der Waals surface area contributed by atoms with Crippen LogP contribution in [0.5, 0.6) is 0 Å². The summed E-state index contributed by atoms with van der Waals surface area (Å²) in [5.41, 5.74) is 5.23. The maximum Gasteiger partial charge on any atom is 0.225 e. The van der Waals surface area contributed by atoms with Gasteiger partial charge in [-0.15, -0.1) is 0 Å². The van der Waals surface area contributed by atoms with Crippen LogP contribution in [0.15, 0.2) is 5.16 Å². The number of hydrogen-bond donors (Lipinski definition) is 3. The van der Waals surface area contributed by atoms with Crippen LogP contribution in [0.25, 0.3) is 0 Å². The Balaban J connectivity index is 2.16. The average Bonchev–Trinajstić information content (AvgIpc) is 2.81. The van der Waals surface area contributed by atoms with Crippen molar-refractivity contribution in [3.8, 4) is 0 Å². The third-order valence-electron chi connectivity index (χ3n) is 6.37. The van der Waals surface area contributed by atoms with E-state index in [1.165, 1.54) is 0 Å². The molecule has 0 heterocycles. The van der Waals surface area contributed by atoms with Gasteiger partial charge in [0.1, 0.15) is 5.54 Å². The SMILES string of the molecule is CC1CCC(NC(=O)C2C(C)(C)C2(C)C)(C(N)=NO)CC1. The van der Waals surface area contributed by atoms with E-state index in [1.54, 1.807) is 0 Å². The second kappa shape index (κ2) is 4.89. The fraction of sp³-hybridized carbons (Fsp3) is 0.875. The molecule has 5 nitrogen and oxygen atoms in total. The monoisotopic (exact) mass is 295 g/mol. The van der Waals surface area contributed by atoms with Gasteiger partial charge in [0.2, 0.25) is 5.91 Å². The van der Waals surface area contributed by atoms with Gasteiger partial charge in [0.05, 0.1) is 0 Å². The summed E-state index contributed by atoms with van der Waals surface area (Å²) in [5, 5.41) is 15.4. The molecule has 0 unspecified atom stereocenters. The van der Waals surface area contributed by atoms with Crippen molar-refractivity contribution in [1.82, 2.24) is 5.32 Å². The molecule has 0 spiro atoms. The third-order valence-corrected chi connectivity index (χ3v) is 6.37. The summed E-state index contributed by atoms with van der Waals surface area (Å²) < 4.78 is 0. The van der Waals surface area contributed by atoms with Gasteiger partial charge in [-0.1, -0.05) is 39.8 Å². The van der Waals surface area contributed by atoms with Crippen molar-refractivity contribution in [1.29, 1.82) is 0 Å². The van der Waals surface area contributed by atoms with Crippen molar-refractivity contribution in [2.75, 3.05) is 0 Å². The molecule has 1 amide bonds. The summed E-state index contributed by atoms with van der Waals surface area (Å²) in [7, 11) is 0. The first-order chi connectivity index (χ1) is 9.58. The highest BCUT2D eigenvalue weighted by Crippen LogP contribution is 2.68. The molecule has 21 heavy (non-hydrogen) atoms. The average molecular weight is 295 g/mol. The lowest BCUT2D eigenvalue weighted by Gasteiger charge is -2.39. The van der Waals surface area contributed by atoms with Crippen LogP contribution in [0.1, 0.15) is 60.3 Å². The number of nitrogens with zero attached hydrogens (tertiary/aromatic N) is 1. The van der Waals surface area contributed by atoms with Crippen LogP contribution in [0, 0.1) is 22.7 Å². The lowest BCUT2D eigenvalue weighted by Crippen LogP contribution is -2.59. The number of carbonyl (C=O) groups excluding carboxylic acids is 1. The van der Waals surface area contributed by atoms with Crippen LogP contribution in [0.3, 0.4) is 0 Å². The fourth-order valence-electron chi connectivity index (χ4n) is 3.96. The van der Waals surface area contributed by atoms with Gasteiger partial charge in [0.15, 0.2) is 5.84 Å². The normalized spacial score (nSPS) is 35.3. The van der Waals surface area contributed by atoms with Crippen molar-refractivity contribution in [3.05, 3.63) is 0 Å². The van der Waals surface area contributed by atoms with Crippen molar-refractivity contribution >= 4 is 11.7 Å². The number of hydrogen-bond acceptors (Lipinski definition) is 3. The van der Waals surface area contributed by atoms with Crippen molar-refractivity contribution in [3.63, 3.8) is 0 Å². The molecule has 0 aromatic carbocycles. The van der Waals surface area contributed by atoms with Crippen molar-refractivity contribution in [2.45, 2.75) is 65.8 Å². The molecule has 2 aliphatic carbocycles. The van der Waals surface area contributed by atoms with E-state index in [9.17, 15) is 4.79 Å². The molecular formula is C16H29N3O2. The number of nitrogens with one attached hydrogen (secondary N) is 1. The number of carbonyl (C=O) groups is 1. The molecule has 0 radical (unpaired) electrons. The highest BCUT2D eigenvalue weighted by atomic mass is 16.4. The van der Waals surface area contributed by atoms with Crippen LogP contribution >= 0.6 is 0 Å². The molecule has 2 rings (SSSR count). The van der Waals surface area contributed by atoms with E-state index >= 15 is 0 Å². The predicted octanol–water partition coefficient (Wildman–Crippen LogP) is 2.48. The Bertz CT molecular complexity index is 446. The third kappa shape index (κ3) is 2.40. The Kier molecular flexibility index (Phi) is 3.75. The molecule has 0 aliphatic heterocycles. The van der Waals surface area contributed by atoms with Gasteiger partial charge in [-0.3, -0.25) is 4.79 Å². The number of nitrogens with two attached hydrogens (primary N) is 1. The van der Waals surface area contributed by atoms with E-state index < -0.39 is 5.54 Å². The molecule has 0 aromatic rings. The van der Waals surface area contributed by atoms with E-state index in [-0.39, 0.29) is 28.5 Å². The van der Waals surface area contributed by atoms with Gasteiger partial charge < -0.3 is 16.3 Å². The van der Waals surface area contributed by atoms with Crippen LogP contribution in [0.2, 0.25) is 0 Å². The molecule has 5 heteroatoms. The Hall–Kier alpha value is -1.26. The van der Waals surface area contributed by atoms with Gasteiger partial charge in [0, 0.05) is 5.92 Å². The molecule has 0 atom stereocenters. The molecular weight excluding hydrogens is 266 g/mol. The zero-order valence-electron chi connectivity index (χ0n) is 13.9. The molecule has 0 aromatic heterocycles. The van der Waals surface area contributed by atoms with Gasteiger partial charge in [-0.2, -0.15) is 0 Å². The van der Waals surface area contributed by atoms with E-state index in [2.05, 4.69) is 45.1 Å². The number of amidine groups is 1. The Morgan fingerprint density at radius 2 is 1.67 bits per heavy atom. The molecule has 0 bridgehead atoms. The second-order valence-electron chi connectivity index (χ2n) is 8.12. The smallest absolute Gasteiger partial charge is 0.225 e. The summed E-state index contributed by atoms with van der Waals surface area (Å²) in [4.78, 5) is 12.7. The minimum Gasteiger partial charge on any atom is -0.409 e. The lowest BCUT2D eigenvalue weighted by atomic mass is 9.76. The summed E-state index contributed by atoms with van der Waals surface area (Å²) in [5.74, 6) is 0.771. The number of oxime groups is 1. The summed E-state index contributed by atoms with van der Waals surface area (Å²) in [6.45, 7) is 10.7. The molecule has 0 saturated heterocycles.